The quantitative estimate of drug-likeness (QED) is 0.475. The first-order chi connectivity index (χ1) is 16.8. The predicted molar refractivity (Wildman–Crippen MR) is 121 cm³/mol. The smallest absolute Gasteiger partial charge is 0.366 e. The molecule has 0 bridgehead atoms. The summed E-state index contributed by atoms with van der Waals surface area (Å²) in [6, 6.07) is 1.81. The summed E-state index contributed by atoms with van der Waals surface area (Å²) >= 11 is 0. The molecule has 196 valence electrons. The second kappa shape index (κ2) is 10.5. The number of nitrogens with two attached hydrogens (primary N) is 1. The largest absolute Gasteiger partial charge is 0.395 e. The van der Waals surface area contributed by atoms with Crippen LogP contribution in [0.1, 0.15) is 52.5 Å². The van der Waals surface area contributed by atoms with E-state index >= 15 is 0 Å². The number of likely N-dealkylation sites (N-methyl/N-ethyl adjacent to an activating group) is 1. The fraction of sp³-hybridized carbons (Fsp3) is 0.500. The van der Waals surface area contributed by atoms with Crippen molar-refractivity contribution in [3.05, 3.63) is 58.7 Å². The fourth-order valence-electron chi connectivity index (χ4n) is 4.30. The number of alkyl halides is 3. The molecule has 1 aliphatic rings. The molecule has 0 radical (unpaired) electrons. The lowest BCUT2D eigenvalue weighted by atomic mass is 9.81. The molecule has 3 rings (SSSR count). The molecule has 1 heterocycles. The van der Waals surface area contributed by atoms with Crippen molar-refractivity contribution in [2.24, 2.45) is 11.1 Å². The predicted octanol–water partition coefficient (Wildman–Crippen LogP) is 3.27. The SMILES string of the molecule is Cc1ncc([C@@H](CC(=O)NC[C@H](Cc2ccc(C(N)=O)c(F)c2F)N(C)C)C2(C(F)(F)F)CC2)cn1. The van der Waals surface area contributed by atoms with E-state index in [4.69, 9.17) is 5.73 Å². The van der Waals surface area contributed by atoms with Crippen molar-refractivity contribution in [3.63, 3.8) is 0 Å². The Hall–Kier alpha value is -3.15. The van der Waals surface area contributed by atoms with E-state index in [-0.39, 0.29) is 36.9 Å². The number of carbonyl (C=O) groups is 2. The van der Waals surface area contributed by atoms with Crippen LogP contribution in [0, 0.1) is 24.0 Å². The number of nitrogens with one attached hydrogen (secondary N) is 1. The molecule has 7 nitrogen and oxygen atoms in total. The summed E-state index contributed by atoms with van der Waals surface area (Å²) < 4.78 is 70.3. The van der Waals surface area contributed by atoms with E-state index in [1.165, 1.54) is 18.5 Å². The number of halogens is 5. The van der Waals surface area contributed by atoms with Gasteiger partial charge in [-0.1, -0.05) is 6.07 Å². The summed E-state index contributed by atoms with van der Waals surface area (Å²) in [5.74, 6) is -5.03. The van der Waals surface area contributed by atoms with Gasteiger partial charge in [-0.2, -0.15) is 13.2 Å². The minimum absolute atomic E-state index is 0.0272. The van der Waals surface area contributed by atoms with Crippen LogP contribution in [0.3, 0.4) is 0 Å². The second-order valence-electron chi connectivity index (χ2n) is 9.36. The van der Waals surface area contributed by atoms with Gasteiger partial charge in [0.2, 0.25) is 5.91 Å². The Labute approximate surface area is 205 Å². The highest BCUT2D eigenvalue weighted by Gasteiger charge is 2.67. The molecule has 0 spiro atoms. The molecule has 1 saturated carbocycles. The minimum atomic E-state index is -4.49. The van der Waals surface area contributed by atoms with Gasteiger partial charge in [0.25, 0.3) is 5.91 Å². The maximum Gasteiger partial charge on any atom is 0.395 e. The van der Waals surface area contributed by atoms with E-state index in [1.807, 2.05) is 0 Å². The Morgan fingerprint density at radius 1 is 1.14 bits per heavy atom. The normalized spacial score (nSPS) is 16.5. The third kappa shape index (κ3) is 5.80. The molecule has 2 atom stereocenters. The number of aryl methyl sites for hydroxylation is 1. The van der Waals surface area contributed by atoms with Gasteiger partial charge in [-0.05, 0) is 57.5 Å². The van der Waals surface area contributed by atoms with E-state index in [0.717, 1.165) is 6.07 Å². The molecule has 0 saturated heterocycles. The Morgan fingerprint density at radius 2 is 1.75 bits per heavy atom. The van der Waals surface area contributed by atoms with Crippen LogP contribution < -0.4 is 11.1 Å². The standard InChI is InChI=1S/C24H28F5N5O2/c1-13-31-10-15(11-32-13)18(23(6-7-23)24(27,28)29)9-19(35)33-12-16(34(2)3)8-14-4-5-17(22(30)36)21(26)20(14)25/h4-5,10-11,16,18H,6-9,12H2,1-3H3,(H2,30,36)(H,33,35)/t16-,18+/m0/s1. The van der Waals surface area contributed by atoms with Crippen molar-refractivity contribution in [2.75, 3.05) is 20.6 Å². The second-order valence-corrected chi connectivity index (χ2v) is 9.36. The lowest BCUT2D eigenvalue weighted by Crippen LogP contribution is -2.43. The van der Waals surface area contributed by atoms with Crippen LogP contribution in [-0.2, 0) is 11.2 Å². The van der Waals surface area contributed by atoms with Gasteiger partial charge in [-0.25, -0.2) is 18.7 Å². The highest BCUT2D eigenvalue weighted by atomic mass is 19.4. The third-order valence-corrected chi connectivity index (χ3v) is 6.76. The number of benzene rings is 1. The summed E-state index contributed by atoms with van der Waals surface area (Å²) in [6.45, 7) is 1.58. The summed E-state index contributed by atoms with van der Waals surface area (Å²) in [6.07, 6.45) is -2.49. The molecular formula is C24H28F5N5O2. The van der Waals surface area contributed by atoms with Gasteiger partial charge in [0, 0.05) is 37.3 Å². The first-order valence-electron chi connectivity index (χ1n) is 11.3. The average molecular weight is 514 g/mol. The molecule has 2 amide bonds. The van der Waals surface area contributed by atoms with Crippen LogP contribution in [0.25, 0.3) is 0 Å². The van der Waals surface area contributed by atoms with Crippen molar-refractivity contribution in [3.8, 4) is 0 Å². The molecule has 1 aliphatic carbocycles. The molecule has 1 aromatic heterocycles. The van der Waals surface area contributed by atoms with Crippen LogP contribution in [0.2, 0.25) is 0 Å². The number of amides is 2. The Bertz CT molecular complexity index is 1120. The van der Waals surface area contributed by atoms with E-state index in [9.17, 15) is 31.5 Å². The van der Waals surface area contributed by atoms with Crippen molar-refractivity contribution in [2.45, 2.75) is 50.7 Å². The summed E-state index contributed by atoms with van der Waals surface area (Å²) in [5.41, 5.74) is 2.66. The van der Waals surface area contributed by atoms with Gasteiger partial charge >= 0.3 is 6.18 Å². The Morgan fingerprint density at radius 3 is 2.25 bits per heavy atom. The van der Waals surface area contributed by atoms with Gasteiger partial charge in [0.05, 0.1) is 11.0 Å². The van der Waals surface area contributed by atoms with Crippen LogP contribution in [0.5, 0.6) is 0 Å². The van der Waals surface area contributed by atoms with Crippen LogP contribution in [0.4, 0.5) is 22.0 Å². The topological polar surface area (TPSA) is 101 Å². The van der Waals surface area contributed by atoms with Crippen LogP contribution in [-0.4, -0.2) is 59.5 Å². The molecule has 0 unspecified atom stereocenters. The van der Waals surface area contributed by atoms with E-state index in [1.54, 1.807) is 25.9 Å². The molecule has 36 heavy (non-hydrogen) atoms. The highest BCUT2D eigenvalue weighted by molar-refractivity contribution is 5.93. The van der Waals surface area contributed by atoms with Gasteiger partial charge in [0.1, 0.15) is 5.82 Å². The Kier molecular flexibility index (Phi) is 7.97. The number of aromatic nitrogens is 2. The molecule has 3 N–H and O–H groups in total. The molecule has 1 fully saturated rings. The zero-order valence-corrected chi connectivity index (χ0v) is 20.1. The van der Waals surface area contributed by atoms with Crippen molar-refractivity contribution in [1.82, 2.24) is 20.2 Å². The summed E-state index contributed by atoms with van der Waals surface area (Å²) in [4.78, 5) is 33.7. The lowest BCUT2D eigenvalue weighted by Gasteiger charge is -2.29. The van der Waals surface area contributed by atoms with Gasteiger partial charge in [0.15, 0.2) is 11.6 Å². The van der Waals surface area contributed by atoms with E-state index < -0.39 is 59.0 Å². The average Bonchev–Trinajstić information content (AvgIpc) is 3.60. The maximum absolute atomic E-state index is 14.5. The number of rotatable bonds is 10. The number of nitrogens with zero attached hydrogens (tertiary/aromatic N) is 3. The van der Waals surface area contributed by atoms with Crippen molar-refractivity contribution >= 4 is 11.8 Å². The molecular weight excluding hydrogens is 485 g/mol. The van der Waals surface area contributed by atoms with E-state index in [2.05, 4.69) is 15.3 Å². The zero-order chi connectivity index (χ0) is 26.8. The van der Waals surface area contributed by atoms with Crippen LogP contribution >= 0.6 is 0 Å². The Balaban J connectivity index is 1.73. The fourth-order valence-corrected chi connectivity index (χ4v) is 4.30. The first-order valence-corrected chi connectivity index (χ1v) is 11.3. The lowest BCUT2D eigenvalue weighted by molar-refractivity contribution is -0.194. The number of carbonyl (C=O) groups excluding carboxylic acids is 2. The summed E-state index contributed by atoms with van der Waals surface area (Å²) in [7, 11) is 3.33. The molecule has 2 aromatic rings. The molecule has 0 aliphatic heterocycles. The number of primary amides is 1. The summed E-state index contributed by atoms with van der Waals surface area (Å²) in [5, 5.41) is 2.63. The monoisotopic (exact) mass is 513 g/mol. The zero-order valence-electron chi connectivity index (χ0n) is 20.1. The number of hydrogen-bond acceptors (Lipinski definition) is 5. The van der Waals surface area contributed by atoms with E-state index in [0.29, 0.717) is 5.82 Å². The van der Waals surface area contributed by atoms with Crippen LogP contribution in [0.15, 0.2) is 24.5 Å². The molecule has 1 aromatic carbocycles. The van der Waals surface area contributed by atoms with Crippen molar-refractivity contribution in [1.29, 1.82) is 0 Å². The molecule has 12 heteroatoms. The third-order valence-electron chi connectivity index (χ3n) is 6.76. The minimum Gasteiger partial charge on any atom is -0.366 e. The van der Waals surface area contributed by atoms with Gasteiger partial charge < -0.3 is 16.0 Å². The maximum atomic E-state index is 14.5. The van der Waals surface area contributed by atoms with Gasteiger partial charge in [-0.15, -0.1) is 0 Å². The van der Waals surface area contributed by atoms with Crippen molar-refractivity contribution < 1.29 is 31.5 Å². The van der Waals surface area contributed by atoms with Gasteiger partial charge in [-0.3, -0.25) is 9.59 Å². The number of hydrogen-bond donors (Lipinski definition) is 2. The first kappa shape index (κ1) is 27.4. The highest BCUT2D eigenvalue weighted by Crippen LogP contribution is 2.66.